The number of nitrogens with zero attached hydrogens (tertiary/aromatic N) is 1. The number of rotatable bonds is 7. The summed E-state index contributed by atoms with van der Waals surface area (Å²) in [5.74, 6) is 0.919. The van der Waals surface area contributed by atoms with Gasteiger partial charge in [0.15, 0.2) is 0 Å². The SMILES string of the molecule is COC(=O)C12CC3CCC(N(C)C(=O)C(O)CNC(C)c4ccccc4Cl)C(C1)C(C3)C2. The Balaban J connectivity index is 1.40. The lowest BCUT2D eigenvalue weighted by molar-refractivity contribution is -0.155. The van der Waals surface area contributed by atoms with Gasteiger partial charge in [0.25, 0.3) is 5.91 Å². The molecular weight excluding hydrogens is 428 g/mol. The van der Waals surface area contributed by atoms with Crippen LogP contribution in [-0.2, 0) is 14.3 Å². The van der Waals surface area contributed by atoms with Gasteiger partial charge in [-0.3, -0.25) is 9.59 Å². The lowest BCUT2D eigenvalue weighted by Crippen LogP contribution is -2.49. The van der Waals surface area contributed by atoms with Crippen molar-refractivity contribution >= 4 is 23.5 Å². The van der Waals surface area contributed by atoms with Gasteiger partial charge in [-0.2, -0.15) is 0 Å². The molecule has 3 aliphatic rings. The van der Waals surface area contributed by atoms with Gasteiger partial charge in [0.1, 0.15) is 6.10 Å². The molecule has 6 nitrogen and oxygen atoms in total. The van der Waals surface area contributed by atoms with Gasteiger partial charge in [-0.05, 0) is 74.8 Å². The van der Waals surface area contributed by atoms with Crippen molar-refractivity contribution in [3.05, 3.63) is 34.9 Å². The summed E-state index contributed by atoms with van der Waals surface area (Å²) in [6.45, 7) is 2.13. The van der Waals surface area contributed by atoms with E-state index in [0.717, 1.165) is 44.1 Å². The number of carbonyl (C=O) groups excluding carboxylic acids is 2. The van der Waals surface area contributed by atoms with Crippen LogP contribution in [0.3, 0.4) is 0 Å². The van der Waals surface area contributed by atoms with Gasteiger partial charge in [0, 0.05) is 30.7 Å². The molecule has 7 atom stereocenters. The molecule has 7 heteroatoms. The molecular formula is C25H35ClN2O4. The summed E-state index contributed by atoms with van der Waals surface area (Å²) in [5.41, 5.74) is 0.562. The molecule has 176 valence electrons. The quantitative estimate of drug-likeness (QED) is 0.605. The van der Waals surface area contributed by atoms with E-state index in [0.29, 0.717) is 16.9 Å². The van der Waals surface area contributed by atoms with Crippen molar-refractivity contribution in [1.82, 2.24) is 10.2 Å². The number of hydrogen-bond acceptors (Lipinski definition) is 5. The number of hydrogen-bond donors (Lipinski definition) is 2. The summed E-state index contributed by atoms with van der Waals surface area (Å²) in [5, 5.41) is 14.6. The van der Waals surface area contributed by atoms with Gasteiger partial charge in [0.2, 0.25) is 0 Å². The molecule has 3 fully saturated rings. The van der Waals surface area contributed by atoms with Crippen LogP contribution in [0.1, 0.15) is 57.1 Å². The van der Waals surface area contributed by atoms with Crippen LogP contribution in [0, 0.1) is 23.2 Å². The van der Waals surface area contributed by atoms with Crippen molar-refractivity contribution in [2.45, 2.75) is 63.6 Å². The Hall–Kier alpha value is -1.63. The third kappa shape index (κ3) is 4.29. The van der Waals surface area contributed by atoms with Crippen LogP contribution in [0.4, 0.5) is 0 Å². The lowest BCUT2D eigenvalue weighted by Gasteiger charge is -2.37. The van der Waals surface area contributed by atoms with Crippen LogP contribution in [0.25, 0.3) is 0 Å². The zero-order chi connectivity index (χ0) is 23.0. The molecule has 4 rings (SSSR count). The van der Waals surface area contributed by atoms with Gasteiger partial charge < -0.3 is 20.1 Å². The van der Waals surface area contributed by atoms with Crippen LogP contribution in [-0.4, -0.2) is 54.7 Å². The summed E-state index contributed by atoms with van der Waals surface area (Å²) < 4.78 is 5.18. The molecule has 0 radical (unpaired) electrons. The normalized spacial score (nSPS) is 32.8. The molecule has 0 aromatic heterocycles. The van der Waals surface area contributed by atoms with Crippen molar-refractivity contribution in [3.63, 3.8) is 0 Å². The first-order valence-corrected chi connectivity index (χ1v) is 12.1. The minimum absolute atomic E-state index is 0.0555. The van der Waals surface area contributed by atoms with Gasteiger partial charge in [-0.25, -0.2) is 0 Å². The molecule has 3 aliphatic carbocycles. The second-order valence-electron chi connectivity index (χ2n) is 10.2. The molecule has 0 spiro atoms. The molecule has 7 unspecified atom stereocenters. The zero-order valence-corrected chi connectivity index (χ0v) is 20.0. The molecule has 32 heavy (non-hydrogen) atoms. The highest BCUT2D eigenvalue weighted by Gasteiger charge is 2.59. The molecule has 3 bridgehead atoms. The fraction of sp³-hybridized carbons (Fsp3) is 0.680. The molecule has 1 aromatic carbocycles. The first kappa shape index (κ1) is 23.5. The Morgan fingerprint density at radius 1 is 1.28 bits per heavy atom. The number of carbonyl (C=O) groups is 2. The van der Waals surface area contributed by atoms with Gasteiger partial charge >= 0.3 is 5.97 Å². The summed E-state index contributed by atoms with van der Waals surface area (Å²) in [7, 11) is 3.29. The van der Waals surface area contributed by atoms with Crippen LogP contribution in [0.15, 0.2) is 24.3 Å². The van der Waals surface area contributed by atoms with E-state index in [4.69, 9.17) is 16.3 Å². The number of methoxy groups -OCH3 is 1. The van der Waals surface area contributed by atoms with Crippen molar-refractivity contribution in [3.8, 4) is 0 Å². The molecule has 1 amide bonds. The van der Waals surface area contributed by atoms with Gasteiger partial charge in [0.05, 0.1) is 12.5 Å². The Kier molecular flexibility index (Phi) is 6.85. The van der Waals surface area contributed by atoms with E-state index in [1.807, 2.05) is 38.2 Å². The van der Waals surface area contributed by atoms with E-state index >= 15 is 0 Å². The van der Waals surface area contributed by atoms with Crippen molar-refractivity contribution in [1.29, 1.82) is 0 Å². The predicted molar refractivity (Wildman–Crippen MR) is 123 cm³/mol. The maximum Gasteiger partial charge on any atom is 0.311 e. The van der Waals surface area contributed by atoms with Crippen molar-refractivity contribution in [2.75, 3.05) is 20.7 Å². The van der Waals surface area contributed by atoms with Gasteiger partial charge in [-0.1, -0.05) is 29.8 Å². The fourth-order valence-electron chi connectivity index (χ4n) is 6.79. The van der Waals surface area contributed by atoms with Crippen LogP contribution < -0.4 is 5.32 Å². The van der Waals surface area contributed by atoms with Crippen LogP contribution in [0.2, 0.25) is 5.02 Å². The number of nitrogens with one attached hydrogen (secondary N) is 1. The zero-order valence-electron chi connectivity index (χ0n) is 19.2. The van der Waals surface area contributed by atoms with Gasteiger partial charge in [-0.15, -0.1) is 0 Å². The minimum Gasteiger partial charge on any atom is -0.469 e. The second kappa shape index (κ2) is 9.32. The number of fused-ring (bicyclic) bond motifs is 2. The lowest BCUT2D eigenvalue weighted by atomic mass is 9.69. The average Bonchev–Trinajstić information content (AvgIpc) is 2.99. The summed E-state index contributed by atoms with van der Waals surface area (Å²) in [6.07, 6.45) is 4.55. The van der Waals surface area contributed by atoms with Crippen molar-refractivity contribution < 1.29 is 19.4 Å². The number of ether oxygens (including phenoxy) is 1. The first-order chi connectivity index (χ1) is 15.3. The molecule has 0 saturated heterocycles. The monoisotopic (exact) mass is 462 g/mol. The Morgan fingerprint density at radius 2 is 2.03 bits per heavy atom. The highest BCUT2D eigenvalue weighted by molar-refractivity contribution is 6.31. The summed E-state index contributed by atoms with van der Waals surface area (Å²) in [4.78, 5) is 27.5. The molecule has 0 heterocycles. The fourth-order valence-corrected chi connectivity index (χ4v) is 7.09. The number of esters is 1. The molecule has 1 aromatic rings. The highest BCUT2D eigenvalue weighted by atomic mass is 35.5. The number of benzene rings is 1. The average molecular weight is 463 g/mol. The maximum atomic E-state index is 13.1. The van der Waals surface area contributed by atoms with Crippen molar-refractivity contribution in [2.24, 2.45) is 23.2 Å². The van der Waals surface area contributed by atoms with E-state index < -0.39 is 6.10 Å². The maximum absolute atomic E-state index is 13.1. The van der Waals surface area contributed by atoms with Crippen LogP contribution >= 0.6 is 11.6 Å². The molecule has 0 aliphatic heterocycles. The molecule has 2 N–H and O–H groups in total. The van der Waals surface area contributed by atoms with E-state index in [-0.39, 0.29) is 41.8 Å². The largest absolute Gasteiger partial charge is 0.469 e. The Bertz CT molecular complexity index is 864. The van der Waals surface area contributed by atoms with E-state index in [1.54, 1.807) is 4.90 Å². The summed E-state index contributed by atoms with van der Waals surface area (Å²) in [6, 6.07) is 7.54. The van der Waals surface area contributed by atoms with Crippen LogP contribution in [0.5, 0.6) is 0 Å². The number of amides is 1. The van der Waals surface area contributed by atoms with E-state index in [2.05, 4.69) is 5.32 Å². The third-order valence-electron chi connectivity index (χ3n) is 8.30. The van der Waals surface area contributed by atoms with E-state index in [9.17, 15) is 14.7 Å². The number of aliphatic hydroxyl groups excluding tert-OH is 1. The summed E-state index contributed by atoms with van der Waals surface area (Å²) >= 11 is 6.26. The topological polar surface area (TPSA) is 78.9 Å². The smallest absolute Gasteiger partial charge is 0.311 e. The minimum atomic E-state index is -1.13. The third-order valence-corrected chi connectivity index (χ3v) is 8.65. The number of likely N-dealkylation sites (N-methyl/N-ethyl adjacent to an activating group) is 1. The second-order valence-corrected chi connectivity index (χ2v) is 10.6. The molecule has 3 saturated carbocycles. The van der Waals surface area contributed by atoms with E-state index in [1.165, 1.54) is 7.11 Å². The highest BCUT2D eigenvalue weighted by Crippen LogP contribution is 2.61. The standard InChI is InChI=1S/C25H35ClN2O4/c1-15(18-6-4-5-7-20(18)26)27-14-22(29)23(30)28(2)21-9-8-16-10-17-12-25(11-16,13-19(17)21)24(31)32-3/h4-7,15-17,19,21-22,27,29H,8-14H2,1-3H3. The number of halogens is 1. The predicted octanol–water partition coefficient (Wildman–Crippen LogP) is 3.57. The number of aliphatic hydroxyl groups is 1. The Labute approximate surface area is 195 Å². The Morgan fingerprint density at radius 3 is 2.75 bits per heavy atom. The first-order valence-electron chi connectivity index (χ1n) is 11.8.